The molecule has 0 bridgehead atoms. The van der Waals surface area contributed by atoms with Crippen LogP contribution in [0.4, 0.5) is 0 Å². The van der Waals surface area contributed by atoms with Crippen molar-refractivity contribution in [2.45, 2.75) is 207 Å². The minimum absolute atomic E-state index is 0.127. The Morgan fingerprint density at radius 3 is 0.944 bits per heavy atom. The van der Waals surface area contributed by atoms with E-state index in [4.69, 9.17) is 14.2 Å². The van der Waals surface area contributed by atoms with E-state index < -0.39 is 6.10 Å². The number of ether oxygens (including phenoxy) is 3. The van der Waals surface area contributed by atoms with Crippen molar-refractivity contribution in [1.82, 2.24) is 0 Å². The lowest BCUT2D eigenvalue weighted by atomic mass is 10.1. The van der Waals surface area contributed by atoms with Crippen LogP contribution in [0.3, 0.4) is 0 Å². The molecule has 1 atom stereocenters. The molecule has 0 saturated carbocycles. The van der Waals surface area contributed by atoms with Crippen LogP contribution in [-0.2, 0) is 28.6 Å². The molecule has 0 spiro atoms. The van der Waals surface area contributed by atoms with Crippen LogP contribution in [0.25, 0.3) is 0 Å². The van der Waals surface area contributed by atoms with Gasteiger partial charge in [-0.2, -0.15) is 0 Å². The first-order valence-electron chi connectivity index (χ1n) is 27.8. The molecule has 0 aliphatic heterocycles. The van der Waals surface area contributed by atoms with Gasteiger partial charge in [0.05, 0.1) is 0 Å². The van der Waals surface area contributed by atoms with Gasteiger partial charge in [0.15, 0.2) is 6.10 Å². The Labute approximate surface area is 434 Å². The smallest absolute Gasteiger partial charge is 0.306 e. The summed E-state index contributed by atoms with van der Waals surface area (Å²) >= 11 is 0. The van der Waals surface area contributed by atoms with Crippen LogP contribution in [0.15, 0.2) is 170 Å². The summed E-state index contributed by atoms with van der Waals surface area (Å²) in [5.41, 5.74) is 0. The normalized spacial score (nSPS) is 13.5. The molecule has 394 valence electrons. The summed E-state index contributed by atoms with van der Waals surface area (Å²) in [7, 11) is 0. The zero-order valence-electron chi connectivity index (χ0n) is 44.9. The summed E-state index contributed by atoms with van der Waals surface area (Å²) in [6.07, 6.45) is 84.7. The van der Waals surface area contributed by atoms with E-state index in [1.807, 2.05) is 109 Å². The number of carbonyl (C=O) groups excluding carboxylic acids is 3. The SMILES string of the molecule is CC\C=C/C=C\C=C/C=C\C=C\C=C/C=C\CCCCCC(=O)OCC(COC(=O)CCCCC/C=C\C=C/CCCCCCCCC)OC(=O)CCCCCCC\C=C/C=C\C=C/C=C\C=C/CCC. The first kappa shape index (κ1) is 65.8. The van der Waals surface area contributed by atoms with E-state index in [2.05, 4.69) is 81.5 Å². The molecule has 0 N–H and O–H groups in total. The maximum Gasteiger partial charge on any atom is 0.306 e. The molecule has 1 unspecified atom stereocenters. The van der Waals surface area contributed by atoms with Crippen LogP contribution in [0.1, 0.15) is 201 Å². The Kier molecular flexibility index (Phi) is 53.1. The highest BCUT2D eigenvalue weighted by atomic mass is 16.6. The summed E-state index contributed by atoms with van der Waals surface area (Å²) in [6, 6.07) is 0. The van der Waals surface area contributed by atoms with Crippen molar-refractivity contribution >= 4 is 17.9 Å². The quantitative estimate of drug-likeness (QED) is 0.0262. The lowest BCUT2D eigenvalue weighted by molar-refractivity contribution is -0.167. The van der Waals surface area contributed by atoms with Gasteiger partial charge in [-0.25, -0.2) is 0 Å². The summed E-state index contributed by atoms with van der Waals surface area (Å²) in [5.74, 6) is -1.03. The van der Waals surface area contributed by atoms with Crippen LogP contribution in [0.2, 0.25) is 0 Å². The molecule has 0 aromatic rings. The fourth-order valence-electron chi connectivity index (χ4n) is 6.86. The van der Waals surface area contributed by atoms with Gasteiger partial charge in [0.25, 0.3) is 0 Å². The van der Waals surface area contributed by atoms with E-state index >= 15 is 0 Å². The maximum atomic E-state index is 12.9. The van der Waals surface area contributed by atoms with Crippen LogP contribution in [0.5, 0.6) is 0 Å². The molecule has 0 radical (unpaired) electrons. The molecule has 71 heavy (non-hydrogen) atoms. The number of carbonyl (C=O) groups is 3. The van der Waals surface area contributed by atoms with Crippen molar-refractivity contribution < 1.29 is 28.6 Å². The van der Waals surface area contributed by atoms with Crippen LogP contribution in [0, 0.1) is 0 Å². The predicted molar refractivity (Wildman–Crippen MR) is 306 cm³/mol. The lowest BCUT2D eigenvalue weighted by Crippen LogP contribution is -2.30. The van der Waals surface area contributed by atoms with Gasteiger partial charge in [-0.15, -0.1) is 0 Å². The summed E-state index contributed by atoms with van der Waals surface area (Å²) < 4.78 is 16.8. The van der Waals surface area contributed by atoms with Crippen molar-refractivity contribution in [3.05, 3.63) is 170 Å². The van der Waals surface area contributed by atoms with E-state index in [1.54, 1.807) is 0 Å². The third kappa shape index (κ3) is 55.6. The number of esters is 3. The maximum absolute atomic E-state index is 12.9. The summed E-state index contributed by atoms with van der Waals surface area (Å²) in [5, 5.41) is 0. The van der Waals surface area contributed by atoms with Gasteiger partial charge in [-0.3, -0.25) is 14.4 Å². The van der Waals surface area contributed by atoms with Gasteiger partial charge in [0.1, 0.15) is 13.2 Å². The van der Waals surface area contributed by atoms with Crippen molar-refractivity contribution in [3.63, 3.8) is 0 Å². The Balaban J connectivity index is 4.64. The van der Waals surface area contributed by atoms with Gasteiger partial charge in [0.2, 0.25) is 0 Å². The number of hydrogen-bond acceptors (Lipinski definition) is 6. The average molecular weight is 975 g/mol. The molecule has 0 aliphatic carbocycles. The minimum Gasteiger partial charge on any atom is -0.462 e. The van der Waals surface area contributed by atoms with Gasteiger partial charge < -0.3 is 14.2 Å². The molecule has 6 heteroatoms. The zero-order chi connectivity index (χ0) is 51.4. The van der Waals surface area contributed by atoms with E-state index in [0.29, 0.717) is 12.8 Å². The molecule has 0 aliphatic rings. The second kappa shape index (κ2) is 57.3. The molecule has 0 saturated heterocycles. The summed E-state index contributed by atoms with van der Waals surface area (Å²) in [6.45, 7) is 6.29. The molecule has 6 nitrogen and oxygen atoms in total. The van der Waals surface area contributed by atoms with Crippen molar-refractivity contribution in [2.75, 3.05) is 13.2 Å². The minimum atomic E-state index is -0.832. The Morgan fingerprint density at radius 2 is 0.577 bits per heavy atom. The Morgan fingerprint density at radius 1 is 0.296 bits per heavy atom. The first-order valence-corrected chi connectivity index (χ1v) is 27.8. The molecule has 0 heterocycles. The molecular weight excluding hydrogens is 877 g/mol. The number of hydrogen-bond donors (Lipinski definition) is 0. The van der Waals surface area contributed by atoms with Gasteiger partial charge in [-0.1, -0.05) is 268 Å². The molecule has 0 fully saturated rings. The zero-order valence-corrected chi connectivity index (χ0v) is 44.9. The second-order valence-corrected chi connectivity index (χ2v) is 17.7. The average Bonchev–Trinajstić information content (AvgIpc) is 3.37. The van der Waals surface area contributed by atoms with E-state index in [0.717, 1.165) is 103 Å². The second-order valence-electron chi connectivity index (χ2n) is 17.7. The van der Waals surface area contributed by atoms with Crippen molar-refractivity contribution in [1.29, 1.82) is 0 Å². The third-order valence-electron chi connectivity index (χ3n) is 11.0. The standard InChI is InChI=1S/C65H98O6/c1-4-7-10-13-16-19-22-25-28-31-33-35-37-40-43-46-49-52-55-58-64(67)70-61-62(60-69-63(66)57-54-51-48-45-42-39-36-30-27-24-21-18-15-12-9-6-3)71-65(68)59-56-53-50-47-44-41-38-34-32-29-26-23-20-17-14-11-8-5-2/h7,10-11,13-14,16-17,19-20,22-23,25-26,28-40,42-43,62H,4-6,8-9,12,15,18,21,24,27,41,44-61H2,1-3H3/b10-7-,14-11-,16-13-,20-17-,22-19-,26-23-,28-25-,32-29-,33-31+,36-30-,37-35-,38-34-,42-39-,43-40-. The molecule has 0 rings (SSSR count). The van der Waals surface area contributed by atoms with E-state index in [-0.39, 0.29) is 44.0 Å². The van der Waals surface area contributed by atoms with Gasteiger partial charge in [0, 0.05) is 19.3 Å². The predicted octanol–water partition coefficient (Wildman–Crippen LogP) is 18.8. The Bertz CT molecular complexity index is 1690. The van der Waals surface area contributed by atoms with Crippen LogP contribution < -0.4 is 0 Å². The van der Waals surface area contributed by atoms with Crippen molar-refractivity contribution in [2.24, 2.45) is 0 Å². The molecule has 0 amide bonds. The highest BCUT2D eigenvalue weighted by Gasteiger charge is 2.19. The van der Waals surface area contributed by atoms with Gasteiger partial charge in [-0.05, 0) is 83.5 Å². The molecule has 0 aromatic carbocycles. The fourth-order valence-corrected chi connectivity index (χ4v) is 6.86. The van der Waals surface area contributed by atoms with Crippen LogP contribution >= 0.6 is 0 Å². The van der Waals surface area contributed by atoms with Crippen LogP contribution in [-0.4, -0.2) is 37.2 Å². The number of allylic oxidation sites excluding steroid dienone is 28. The first-order chi connectivity index (χ1) is 35.0. The molecule has 0 aromatic heterocycles. The topological polar surface area (TPSA) is 78.9 Å². The monoisotopic (exact) mass is 975 g/mol. The molecular formula is C65H98O6. The van der Waals surface area contributed by atoms with Gasteiger partial charge >= 0.3 is 17.9 Å². The number of unbranched alkanes of at least 4 members (excludes halogenated alkanes) is 19. The highest BCUT2D eigenvalue weighted by molar-refractivity contribution is 5.71. The van der Waals surface area contributed by atoms with E-state index in [9.17, 15) is 14.4 Å². The summed E-state index contributed by atoms with van der Waals surface area (Å²) in [4.78, 5) is 38.1. The fraction of sp³-hybridized carbons (Fsp3) is 0.523. The van der Waals surface area contributed by atoms with E-state index in [1.165, 1.54) is 51.4 Å². The van der Waals surface area contributed by atoms with Crippen molar-refractivity contribution in [3.8, 4) is 0 Å². The number of rotatable bonds is 47. The largest absolute Gasteiger partial charge is 0.462 e. The lowest BCUT2D eigenvalue weighted by Gasteiger charge is -2.18. The Hall–Kier alpha value is -5.23. The highest BCUT2D eigenvalue weighted by Crippen LogP contribution is 2.12. The third-order valence-corrected chi connectivity index (χ3v) is 11.0.